The van der Waals surface area contributed by atoms with Crippen molar-refractivity contribution in [2.75, 3.05) is 13.1 Å². The van der Waals surface area contributed by atoms with Gasteiger partial charge in [-0.3, -0.25) is 9.59 Å². The van der Waals surface area contributed by atoms with Crippen LogP contribution in [-0.4, -0.2) is 44.8 Å². The van der Waals surface area contributed by atoms with E-state index in [1.807, 2.05) is 26.0 Å². The molecule has 1 amide bonds. The molecule has 24 heavy (non-hydrogen) atoms. The molecule has 2 heterocycles. The Bertz CT molecular complexity index is 802. The standard InChI is InChI=1S/C17H18ClN3O3/c1-10-8-20(9-14(10)17(23)24)16(22)15-6-11(2)21(19-15)13-5-3-4-12(18)7-13/h3-7,10,14H,8-9H2,1-2H3,(H,23,24)/t10-,14-/m1/s1. The molecule has 0 spiro atoms. The number of carbonyl (C=O) groups is 2. The highest BCUT2D eigenvalue weighted by Crippen LogP contribution is 2.25. The number of amides is 1. The minimum atomic E-state index is -0.863. The first-order valence-electron chi connectivity index (χ1n) is 7.71. The van der Waals surface area contributed by atoms with Gasteiger partial charge in [0.25, 0.3) is 5.91 Å². The zero-order chi connectivity index (χ0) is 17.4. The molecular weight excluding hydrogens is 330 g/mol. The summed E-state index contributed by atoms with van der Waals surface area (Å²) in [6, 6.07) is 8.93. The Kier molecular flexibility index (Phi) is 4.32. The summed E-state index contributed by atoms with van der Waals surface area (Å²) < 4.78 is 1.66. The van der Waals surface area contributed by atoms with Crippen molar-refractivity contribution in [3.63, 3.8) is 0 Å². The minimum Gasteiger partial charge on any atom is -0.481 e. The van der Waals surface area contributed by atoms with Crippen LogP contribution in [0.2, 0.25) is 5.02 Å². The highest BCUT2D eigenvalue weighted by Gasteiger charge is 2.37. The first kappa shape index (κ1) is 16.5. The van der Waals surface area contributed by atoms with Gasteiger partial charge in [0.2, 0.25) is 0 Å². The van der Waals surface area contributed by atoms with Gasteiger partial charge in [-0.05, 0) is 37.1 Å². The maximum atomic E-state index is 12.7. The molecule has 0 bridgehead atoms. The van der Waals surface area contributed by atoms with Crippen LogP contribution in [0, 0.1) is 18.8 Å². The number of halogens is 1. The topological polar surface area (TPSA) is 75.4 Å². The summed E-state index contributed by atoms with van der Waals surface area (Å²) >= 11 is 6.01. The van der Waals surface area contributed by atoms with Crippen LogP contribution in [0.15, 0.2) is 30.3 Å². The second kappa shape index (κ2) is 6.28. The van der Waals surface area contributed by atoms with E-state index >= 15 is 0 Å². The normalized spacial score (nSPS) is 20.4. The van der Waals surface area contributed by atoms with Gasteiger partial charge in [0.15, 0.2) is 5.69 Å². The molecule has 1 aromatic heterocycles. The van der Waals surface area contributed by atoms with Gasteiger partial charge in [0, 0.05) is 23.8 Å². The van der Waals surface area contributed by atoms with Crippen molar-refractivity contribution in [1.82, 2.24) is 14.7 Å². The number of aryl methyl sites for hydroxylation is 1. The van der Waals surface area contributed by atoms with Crippen molar-refractivity contribution in [3.8, 4) is 5.69 Å². The third kappa shape index (κ3) is 3.01. The quantitative estimate of drug-likeness (QED) is 0.926. The third-order valence-corrected chi connectivity index (χ3v) is 4.61. The molecule has 0 radical (unpaired) electrons. The summed E-state index contributed by atoms with van der Waals surface area (Å²) in [6.07, 6.45) is 0. The molecule has 2 aromatic rings. The lowest BCUT2D eigenvalue weighted by Crippen LogP contribution is -2.30. The summed E-state index contributed by atoms with van der Waals surface area (Å²) in [4.78, 5) is 25.4. The molecule has 1 aliphatic heterocycles. The number of hydrogen-bond donors (Lipinski definition) is 1. The Morgan fingerprint density at radius 1 is 1.29 bits per heavy atom. The van der Waals surface area contributed by atoms with E-state index in [1.165, 1.54) is 0 Å². The lowest BCUT2D eigenvalue weighted by molar-refractivity contribution is -0.142. The Labute approximate surface area is 144 Å². The van der Waals surface area contributed by atoms with E-state index in [-0.39, 0.29) is 18.4 Å². The Morgan fingerprint density at radius 3 is 2.67 bits per heavy atom. The maximum Gasteiger partial charge on any atom is 0.308 e. The van der Waals surface area contributed by atoms with Gasteiger partial charge < -0.3 is 10.0 Å². The highest BCUT2D eigenvalue weighted by molar-refractivity contribution is 6.30. The molecule has 126 valence electrons. The molecule has 7 heteroatoms. The fourth-order valence-corrected chi connectivity index (χ4v) is 3.25. The second-order valence-electron chi connectivity index (χ2n) is 6.19. The molecule has 2 atom stereocenters. The van der Waals surface area contributed by atoms with Gasteiger partial charge in [-0.25, -0.2) is 4.68 Å². The van der Waals surface area contributed by atoms with Gasteiger partial charge in [-0.2, -0.15) is 5.10 Å². The van der Waals surface area contributed by atoms with E-state index in [0.29, 0.717) is 17.3 Å². The largest absolute Gasteiger partial charge is 0.481 e. The first-order chi connectivity index (χ1) is 11.4. The highest BCUT2D eigenvalue weighted by atomic mass is 35.5. The lowest BCUT2D eigenvalue weighted by Gasteiger charge is -2.14. The molecule has 1 aliphatic rings. The van der Waals surface area contributed by atoms with Crippen molar-refractivity contribution < 1.29 is 14.7 Å². The molecule has 0 saturated carbocycles. The van der Waals surface area contributed by atoms with Crippen molar-refractivity contribution in [1.29, 1.82) is 0 Å². The van der Waals surface area contributed by atoms with Crippen molar-refractivity contribution in [3.05, 3.63) is 46.7 Å². The lowest BCUT2D eigenvalue weighted by atomic mass is 9.99. The number of carboxylic acids is 1. The zero-order valence-corrected chi connectivity index (χ0v) is 14.2. The molecule has 6 nitrogen and oxygen atoms in total. The summed E-state index contributed by atoms with van der Waals surface area (Å²) in [5, 5.41) is 14.2. The minimum absolute atomic E-state index is 0.0671. The predicted octanol–water partition coefficient (Wildman–Crippen LogP) is 2.63. The van der Waals surface area contributed by atoms with E-state index in [1.54, 1.807) is 27.8 Å². The monoisotopic (exact) mass is 347 g/mol. The summed E-state index contributed by atoms with van der Waals surface area (Å²) in [5.41, 5.74) is 1.89. The maximum absolute atomic E-state index is 12.7. The van der Waals surface area contributed by atoms with Crippen molar-refractivity contribution in [2.45, 2.75) is 13.8 Å². The summed E-state index contributed by atoms with van der Waals surface area (Å²) in [7, 11) is 0. The van der Waals surface area contributed by atoms with Crippen LogP contribution in [-0.2, 0) is 4.79 Å². The Balaban J connectivity index is 1.85. The fraction of sp³-hybridized carbons (Fsp3) is 0.353. The molecule has 3 rings (SSSR count). The molecule has 0 aliphatic carbocycles. The van der Waals surface area contributed by atoms with Crippen LogP contribution < -0.4 is 0 Å². The van der Waals surface area contributed by atoms with E-state index < -0.39 is 11.9 Å². The van der Waals surface area contributed by atoms with Crippen LogP contribution in [0.4, 0.5) is 0 Å². The zero-order valence-electron chi connectivity index (χ0n) is 13.4. The number of aliphatic carboxylic acids is 1. The van der Waals surface area contributed by atoms with Gasteiger partial charge >= 0.3 is 5.97 Å². The number of aromatic nitrogens is 2. The third-order valence-electron chi connectivity index (χ3n) is 4.38. The van der Waals surface area contributed by atoms with E-state index in [9.17, 15) is 14.7 Å². The molecule has 1 saturated heterocycles. The summed E-state index contributed by atoms with van der Waals surface area (Å²) in [5.74, 6) is -1.69. The summed E-state index contributed by atoms with van der Waals surface area (Å²) in [6.45, 7) is 4.36. The van der Waals surface area contributed by atoms with Crippen LogP contribution >= 0.6 is 11.6 Å². The second-order valence-corrected chi connectivity index (χ2v) is 6.63. The molecule has 1 aromatic carbocycles. The number of hydrogen-bond acceptors (Lipinski definition) is 3. The van der Waals surface area contributed by atoms with Crippen LogP contribution in [0.5, 0.6) is 0 Å². The molecule has 0 unspecified atom stereocenters. The number of benzene rings is 1. The van der Waals surface area contributed by atoms with Gasteiger partial charge in [-0.15, -0.1) is 0 Å². The van der Waals surface area contributed by atoms with E-state index in [4.69, 9.17) is 11.6 Å². The number of rotatable bonds is 3. The number of nitrogens with zero attached hydrogens (tertiary/aromatic N) is 3. The van der Waals surface area contributed by atoms with Crippen molar-refractivity contribution >= 4 is 23.5 Å². The Hall–Kier alpha value is -2.34. The SMILES string of the molecule is Cc1cc(C(=O)N2C[C@@H](C)[C@H](C(=O)O)C2)nn1-c1cccc(Cl)c1. The first-order valence-corrected chi connectivity index (χ1v) is 8.09. The number of carboxylic acid groups (broad SMARTS) is 1. The molecule has 1 fully saturated rings. The van der Waals surface area contributed by atoms with Crippen molar-refractivity contribution in [2.24, 2.45) is 11.8 Å². The smallest absolute Gasteiger partial charge is 0.308 e. The number of carbonyl (C=O) groups excluding carboxylic acids is 1. The van der Waals surface area contributed by atoms with Crippen LogP contribution in [0.1, 0.15) is 23.1 Å². The predicted molar refractivity (Wildman–Crippen MR) is 89.5 cm³/mol. The number of likely N-dealkylation sites (tertiary alicyclic amines) is 1. The molecular formula is C17H18ClN3O3. The Morgan fingerprint density at radius 2 is 2.04 bits per heavy atom. The molecule has 1 N–H and O–H groups in total. The average molecular weight is 348 g/mol. The average Bonchev–Trinajstić information content (AvgIpc) is 3.10. The fourth-order valence-electron chi connectivity index (χ4n) is 3.06. The van der Waals surface area contributed by atoms with E-state index in [0.717, 1.165) is 11.4 Å². The van der Waals surface area contributed by atoms with E-state index in [2.05, 4.69) is 5.10 Å². The van der Waals surface area contributed by atoms with Crippen LogP contribution in [0.3, 0.4) is 0 Å². The van der Waals surface area contributed by atoms with Gasteiger partial charge in [-0.1, -0.05) is 24.6 Å². The van der Waals surface area contributed by atoms with Crippen LogP contribution in [0.25, 0.3) is 5.69 Å². The van der Waals surface area contributed by atoms with Gasteiger partial charge in [0.1, 0.15) is 0 Å². The van der Waals surface area contributed by atoms with Gasteiger partial charge in [0.05, 0.1) is 11.6 Å².